The Labute approximate surface area is 218 Å². The van der Waals surface area contributed by atoms with E-state index in [9.17, 15) is 18.8 Å². The van der Waals surface area contributed by atoms with Crippen LogP contribution >= 0.6 is 9.24 Å². The van der Waals surface area contributed by atoms with E-state index in [2.05, 4.69) is 10.3 Å². The summed E-state index contributed by atoms with van der Waals surface area (Å²) in [6, 6.07) is 9.00. The quantitative estimate of drug-likeness (QED) is 0.439. The standard InChI is InChI=1S/C26H25F3N3O5P/c1-13-4-9-20(24(34)30-13)32-12-17(21-18(27)10-16(36-3)11-19(21)28)22(25(32)35)31-23(33)14-5-7-15(8-6-14)37-26(2,29)38/h4-11,17,22H,12,38H2,1-3H3,(H,30,34)(H,31,33)/t17-,22-,26?/m0/s1. The average Bonchev–Trinajstić information content (AvgIpc) is 3.13. The van der Waals surface area contributed by atoms with Gasteiger partial charge in [-0.15, -0.1) is 0 Å². The highest BCUT2D eigenvalue weighted by Gasteiger charge is 2.45. The molecule has 2 amide bonds. The fourth-order valence-electron chi connectivity index (χ4n) is 4.31. The number of nitrogens with zero attached hydrogens (tertiary/aromatic N) is 1. The van der Waals surface area contributed by atoms with Crippen molar-refractivity contribution in [1.82, 2.24) is 10.3 Å². The van der Waals surface area contributed by atoms with E-state index >= 15 is 8.78 Å². The highest BCUT2D eigenvalue weighted by atomic mass is 31.0. The molecular weight excluding hydrogens is 522 g/mol. The third kappa shape index (κ3) is 5.67. The molecule has 2 unspecified atom stereocenters. The maximum absolute atomic E-state index is 15.1. The first-order valence-corrected chi connectivity index (χ1v) is 12.1. The molecule has 38 heavy (non-hydrogen) atoms. The van der Waals surface area contributed by atoms with Gasteiger partial charge in [0.1, 0.15) is 34.9 Å². The maximum atomic E-state index is 15.1. The molecule has 0 spiro atoms. The highest BCUT2D eigenvalue weighted by molar-refractivity contribution is 7.18. The Hall–Kier alpha value is -3.85. The summed E-state index contributed by atoms with van der Waals surface area (Å²) < 4.78 is 53.8. The molecule has 1 aromatic heterocycles. The highest BCUT2D eigenvalue weighted by Crippen LogP contribution is 2.36. The van der Waals surface area contributed by atoms with Crippen molar-refractivity contribution in [3.63, 3.8) is 0 Å². The Morgan fingerprint density at radius 2 is 1.74 bits per heavy atom. The maximum Gasteiger partial charge on any atom is 0.272 e. The normalized spacial score (nSPS) is 18.7. The van der Waals surface area contributed by atoms with Crippen LogP contribution in [0.1, 0.15) is 34.5 Å². The Kier molecular flexibility index (Phi) is 7.51. The predicted octanol–water partition coefficient (Wildman–Crippen LogP) is 3.80. The van der Waals surface area contributed by atoms with Crippen LogP contribution in [-0.4, -0.2) is 42.1 Å². The van der Waals surface area contributed by atoms with E-state index in [1.54, 1.807) is 13.0 Å². The lowest BCUT2D eigenvalue weighted by atomic mass is 9.92. The Balaban J connectivity index is 1.69. The molecule has 1 aliphatic heterocycles. The summed E-state index contributed by atoms with van der Waals surface area (Å²) in [6.07, 6.45) is 0. The molecule has 2 N–H and O–H groups in total. The minimum Gasteiger partial charge on any atom is -0.497 e. The molecule has 4 rings (SSSR count). The lowest BCUT2D eigenvalue weighted by molar-refractivity contribution is -0.118. The number of halogens is 3. The van der Waals surface area contributed by atoms with E-state index in [1.807, 2.05) is 9.24 Å². The first-order chi connectivity index (χ1) is 17.9. The van der Waals surface area contributed by atoms with Crippen LogP contribution in [0.15, 0.2) is 53.3 Å². The third-order valence-corrected chi connectivity index (χ3v) is 6.14. The van der Waals surface area contributed by atoms with E-state index in [4.69, 9.17) is 9.47 Å². The topological polar surface area (TPSA) is 101 Å². The van der Waals surface area contributed by atoms with Crippen LogP contribution in [0, 0.1) is 18.6 Å². The summed E-state index contributed by atoms with van der Waals surface area (Å²) in [4.78, 5) is 42.8. The molecular formula is C26H25F3N3O5P. The number of aromatic amines is 1. The largest absolute Gasteiger partial charge is 0.497 e. The van der Waals surface area contributed by atoms with Gasteiger partial charge in [0.25, 0.3) is 17.1 Å². The smallest absolute Gasteiger partial charge is 0.272 e. The van der Waals surface area contributed by atoms with E-state index in [1.165, 1.54) is 44.4 Å². The van der Waals surface area contributed by atoms with Crippen molar-refractivity contribution >= 4 is 26.7 Å². The summed E-state index contributed by atoms with van der Waals surface area (Å²) in [5.41, 5.74) is -2.38. The minimum atomic E-state index is -2.02. The van der Waals surface area contributed by atoms with Crippen molar-refractivity contribution in [1.29, 1.82) is 0 Å². The Morgan fingerprint density at radius 1 is 1.11 bits per heavy atom. The number of rotatable bonds is 7. The SMILES string of the molecule is COc1cc(F)c([C@@H]2CN(c3ccc(C)[nH]c3=O)C(=O)[C@H]2NC(=O)c2ccc(OC(C)(F)P)cc2)c(F)c1. The zero-order valence-electron chi connectivity index (χ0n) is 20.7. The molecule has 0 bridgehead atoms. The molecule has 3 aromatic rings. The van der Waals surface area contributed by atoms with Gasteiger partial charge in [0.15, 0.2) is 0 Å². The molecule has 0 aliphatic carbocycles. The molecule has 12 heteroatoms. The number of anilines is 1. The van der Waals surface area contributed by atoms with Crippen LogP contribution in [0.4, 0.5) is 18.9 Å². The van der Waals surface area contributed by atoms with Crippen molar-refractivity contribution in [2.75, 3.05) is 18.6 Å². The van der Waals surface area contributed by atoms with E-state index < -0.39 is 52.1 Å². The molecule has 0 saturated carbocycles. The summed E-state index contributed by atoms with van der Waals surface area (Å²) in [7, 11) is 3.14. The number of carbonyl (C=O) groups excluding carboxylic acids is 2. The lowest BCUT2D eigenvalue weighted by Gasteiger charge is -2.20. The molecule has 2 heterocycles. The van der Waals surface area contributed by atoms with Gasteiger partial charge < -0.3 is 24.7 Å². The van der Waals surface area contributed by atoms with Crippen LogP contribution in [0.25, 0.3) is 0 Å². The molecule has 8 nitrogen and oxygen atoms in total. The Bertz CT molecular complexity index is 1420. The zero-order chi connectivity index (χ0) is 27.8. The number of benzene rings is 2. The zero-order valence-corrected chi connectivity index (χ0v) is 21.8. The Morgan fingerprint density at radius 3 is 2.29 bits per heavy atom. The van der Waals surface area contributed by atoms with Gasteiger partial charge in [0, 0.05) is 48.3 Å². The summed E-state index contributed by atoms with van der Waals surface area (Å²) in [5, 5.41) is 2.55. The monoisotopic (exact) mass is 547 g/mol. The molecule has 1 fully saturated rings. The fraction of sp³-hybridized carbons (Fsp3) is 0.269. The van der Waals surface area contributed by atoms with Crippen LogP contribution in [0.2, 0.25) is 0 Å². The van der Waals surface area contributed by atoms with Crippen LogP contribution in [-0.2, 0) is 4.79 Å². The van der Waals surface area contributed by atoms with Crippen molar-refractivity contribution in [2.45, 2.75) is 31.4 Å². The molecule has 200 valence electrons. The molecule has 1 saturated heterocycles. The number of hydrogen-bond acceptors (Lipinski definition) is 5. The number of methoxy groups -OCH3 is 1. The van der Waals surface area contributed by atoms with Gasteiger partial charge in [0.05, 0.1) is 7.11 Å². The number of hydrogen-bond donors (Lipinski definition) is 2. The van der Waals surface area contributed by atoms with Gasteiger partial charge in [-0.05, 0) is 43.3 Å². The minimum absolute atomic E-state index is 0.0233. The number of nitrogens with one attached hydrogen (secondary N) is 2. The summed E-state index contributed by atoms with van der Waals surface area (Å²) in [6.45, 7) is 2.58. The van der Waals surface area contributed by atoms with E-state index in [0.29, 0.717) is 5.69 Å². The van der Waals surface area contributed by atoms with Crippen LogP contribution in [0.3, 0.4) is 0 Å². The number of aromatic nitrogens is 1. The second-order valence-corrected chi connectivity index (χ2v) is 10.0. The number of carbonyl (C=O) groups is 2. The molecule has 0 radical (unpaired) electrons. The van der Waals surface area contributed by atoms with Crippen molar-refractivity contribution in [3.8, 4) is 11.5 Å². The van der Waals surface area contributed by atoms with Gasteiger partial charge in [0.2, 0.25) is 5.91 Å². The first-order valence-electron chi connectivity index (χ1n) is 11.5. The van der Waals surface area contributed by atoms with Gasteiger partial charge in [-0.3, -0.25) is 14.4 Å². The third-order valence-electron chi connectivity index (χ3n) is 6.02. The van der Waals surface area contributed by atoms with E-state index in [-0.39, 0.29) is 29.3 Å². The summed E-state index contributed by atoms with van der Waals surface area (Å²) in [5.74, 6) is -4.45. The first kappa shape index (κ1) is 27.2. The number of alkyl halides is 1. The van der Waals surface area contributed by atoms with E-state index in [0.717, 1.165) is 17.0 Å². The number of aryl methyl sites for hydroxylation is 1. The fourth-order valence-corrected chi connectivity index (χ4v) is 4.44. The van der Waals surface area contributed by atoms with Gasteiger partial charge >= 0.3 is 0 Å². The van der Waals surface area contributed by atoms with Gasteiger partial charge in [-0.2, -0.15) is 4.39 Å². The molecule has 2 aromatic carbocycles. The molecule has 1 aliphatic rings. The number of pyridine rings is 1. The predicted molar refractivity (Wildman–Crippen MR) is 137 cm³/mol. The number of ether oxygens (including phenoxy) is 2. The molecule has 4 atom stereocenters. The second-order valence-electron chi connectivity index (χ2n) is 8.98. The van der Waals surface area contributed by atoms with Gasteiger partial charge in [-0.25, -0.2) is 8.78 Å². The van der Waals surface area contributed by atoms with Gasteiger partial charge in [-0.1, -0.05) is 9.24 Å². The average molecular weight is 547 g/mol. The number of H-pyrrole nitrogens is 1. The second kappa shape index (κ2) is 10.5. The van der Waals surface area contributed by atoms with Crippen molar-refractivity contribution < 1.29 is 32.2 Å². The summed E-state index contributed by atoms with van der Waals surface area (Å²) >= 11 is 0. The van der Waals surface area contributed by atoms with Crippen molar-refractivity contribution in [3.05, 3.63) is 87.3 Å². The van der Waals surface area contributed by atoms with Crippen LogP contribution < -0.4 is 25.2 Å². The lowest BCUT2D eigenvalue weighted by Crippen LogP contribution is -2.44. The van der Waals surface area contributed by atoms with Crippen molar-refractivity contribution in [2.24, 2.45) is 0 Å². The number of amides is 2. The van der Waals surface area contributed by atoms with Crippen LogP contribution in [0.5, 0.6) is 11.5 Å².